The van der Waals surface area contributed by atoms with E-state index >= 15 is 0 Å². The van der Waals surface area contributed by atoms with Gasteiger partial charge in [-0.05, 0) is 25.1 Å². The Bertz CT molecular complexity index is 439. The summed E-state index contributed by atoms with van der Waals surface area (Å²) in [6, 6.07) is 4.21. The third-order valence-electron chi connectivity index (χ3n) is 2.72. The largest absolute Gasteiger partial charge is 0.375 e. The molecule has 1 heterocycles. The normalized spacial score (nSPS) is 20.4. The molecule has 0 saturated carbocycles. The molecular formula is C12H14FNO2S. The maximum Gasteiger partial charge on any atom is 0.254 e. The third kappa shape index (κ3) is 2.79. The molecule has 1 fully saturated rings. The molecule has 1 unspecified atom stereocenters. The first-order valence-electron chi connectivity index (χ1n) is 5.47. The van der Waals surface area contributed by atoms with Gasteiger partial charge in [0.05, 0.1) is 12.7 Å². The van der Waals surface area contributed by atoms with Gasteiger partial charge < -0.3 is 9.64 Å². The summed E-state index contributed by atoms with van der Waals surface area (Å²) in [5.41, 5.74) is 0.463. The van der Waals surface area contributed by atoms with Crippen molar-refractivity contribution in [3.8, 4) is 0 Å². The first kappa shape index (κ1) is 12.4. The van der Waals surface area contributed by atoms with Gasteiger partial charge in [-0.2, -0.15) is 0 Å². The van der Waals surface area contributed by atoms with Gasteiger partial charge in [0.25, 0.3) is 5.91 Å². The fourth-order valence-electron chi connectivity index (χ4n) is 1.83. The number of nitrogens with zero attached hydrogens (tertiary/aromatic N) is 1. The molecule has 1 aromatic rings. The lowest BCUT2D eigenvalue weighted by Gasteiger charge is -2.31. The number of hydrogen-bond donors (Lipinski definition) is 1. The zero-order valence-corrected chi connectivity index (χ0v) is 10.4. The number of hydrogen-bond acceptors (Lipinski definition) is 3. The topological polar surface area (TPSA) is 29.5 Å². The van der Waals surface area contributed by atoms with Crippen LogP contribution in [0.5, 0.6) is 0 Å². The summed E-state index contributed by atoms with van der Waals surface area (Å²) < 4.78 is 18.4. The van der Waals surface area contributed by atoms with Crippen molar-refractivity contribution < 1.29 is 13.9 Å². The van der Waals surface area contributed by atoms with E-state index in [4.69, 9.17) is 4.74 Å². The highest BCUT2D eigenvalue weighted by atomic mass is 32.1. The van der Waals surface area contributed by atoms with Crippen LogP contribution in [0.4, 0.5) is 4.39 Å². The van der Waals surface area contributed by atoms with Gasteiger partial charge in [-0.25, -0.2) is 4.39 Å². The molecule has 0 spiro atoms. The number of carbonyl (C=O) groups is 1. The number of morpholine rings is 1. The number of benzene rings is 1. The maximum absolute atomic E-state index is 13.0. The molecule has 5 heteroatoms. The van der Waals surface area contributed by atoms with E-state index in [1.807, 2.05) is 6.92 Å². The molecular weight excluding hydrogens is 241 g/mol. The van der Waals surface area contributed by atoms with Crippen LogP contribution in [0, 0.1) is 5.82 Å². The van der Waals surface area contributed by atoms with Gasteiger partial charge in [0, 0.05) is 23.5 Å². The van der Waals surface area contributed by atoms with E-state index < -0.39 is 5.82 Å². The summed E-state index contributed by atoms with van der Waals surface area (Å²) >= 11 is 3.97. The van der Waals surface area contributed by atoms with Crippen molar-refractivity contribution >= 4 is 18.5 Å². The molecule has 1 aliphatic rings. The molecule has 0 aliphatic carbocycles. The van der Waals surface area contributed by atoms with Crippen molar-refractivity contribution in [2.75, 3.05) is 19.7 Å². The van der Waals surface area contributed by atoms with Crippen molar-refractivity contribution in [3.63, 3.8) is 0 Å². The molecule has 1 atom stereocenters. The predicted octanol–water partition coefficient (Wildman–Crippen LogP) is 1.98. The minimum absolute atomic E-state index is 0.0450. The molecule has 3 nitrogen and oxygen atoms in total. The second kappa shape index (κ2) is 5.06. The van der Waals surface area contributed by atoms with E-state index in [0.29, 0.717) is 25.3 Å². The Balaban J connectivity index is 2.15. The number of amides is 1. The lowest BCUT2D eigenvalue weighted by molar-refractivity contribution is -0.0124. The Labute approximate surface area is 105 Å². The average Bonchev–Trinajstić information content (AvgIpc) is 2.32. The van der Waals surface area contributed by atoms with E-state index in [1.165, 1.54) is 18.2 Å². The van der Waals surface area contributed by atoms with Gasteiger partial charge in [0.15, 0.2) is 0 Å². The van der Waals surface area contributed by atoms with Gasteiger partial charge in [-0.1, -0.05) is 0 Å². The number of thiol groups is 1. The zero-order valence-electron chi connectivity index (χ0n) is 9.52. The molecule has 1 amide bonds. The molecule has 2 rings (SSSR count). The number of rotatable bonds is 1. The smallest absolute Gasteiger partial charge is 0.254 e. The van der Waals surface area contributed by atoms with Crippen molar-refractivity contribution in [1.82, 2.24) is 4.90 Å². The molecule has 92 valence electrons. The summed E-state index contributed by atoms with van der Waals surface area (Å²) in [4.78, 5) is 14.0. The van der Waals surface area contributed by atoms with Crippen molar-refractivity contribution in [2.24, 2.45) is 0 Å². The molecule has 0 radical (unpaired) electrons. The third-order valence-corrected chi connectivity index (χ3v) is 3.06. The zero-order chi connectivity index (χ0) is 12.4. The Morgan fingerprint density at radius 3 is 3.00 bits per heavy atom. The Hall–Kier alpha value is -1.07. The first-order chi connectivity index (χ1) is 8.08. The van der Waals surface area contributed by atoms with E-state index in [9.17, 15) is 9.18 Å². The first-order valence-corrected chi connectivity index (χ1v) is 5.92. The van der Waals surface area contributed by atoms with Crippen LogP contribution in [0.1, 0.15) is 17.3 Å². The van der Waals surface area contributed by atoms with Crippen LogP contribution in [0.3, 0.4) is 0 Å². The fourth-order valence-corrected chi connectivity index (χ4v) is 2.04. The second-order valence-corrected chi connectivity index (χ2v) is 4.58. The summed E-state index contributed by atoms with van der Waals surface area (Å²) in [6.45, 7) is 3.61. The highest BCUT2D eigenvalue weighted by Crippen LogP contribution is 2.17. The molecule has 0 aromatic heterocycles. The van der Waals surface area contributed by atoms with Crippen LogP contribution >= 0.6 is 12.6 Å². The lowest BCUT2D eigenvalue weighted by Crippen LogP contribution is -2.44. The van der Waals surface area contributed by atoms with Crippen LogP contribution in [0.25, 0.3) is 0 Å². The van der Waals surface area contributed by atoms with Gasteiger partial charge in [0.2, 0.25) is 0 Å². The quantitative estimate of drug-likeness (QED) is 0.778. The summed E-state index contributed by atoms with van der Waals surface area (Å²) in [5, 5.41) is 0. The summed E-state index contributed by atoms with van der Waals surface area (Å²) in [5.74, 6) is -0.518. The van der Waals surface area contributed by atoms with Gasteiger partial charge in [-0.3, -0.25) is 4.79 Å². The number of carbonyl (C=O) groups excluding carboxylic acids is 1. The Morgan fingerprint density at radius 1 is 1.59 bits per heavy atom. The van der Waals surface area contributed by atoms with E-state index in [-0.39, 0.29) is 16.9 Å². The minimum Gasteiger partial charge on any atom is -0.375 e. The van der Waals surface area contributed by atoms with Gasteiger partial charge >= 0.3 is 0 Å². The van der Waals surface area contributed by atoms with E-state index in [1.54, 1.807) is 4.90 Å². The SMILES string of the molecule is CC1CN(C(=O)c2ccc(F)c(S)c2)CCO1. The van der Waals surface area contributed by atoms with Gasteiger partial charge in [0.1, 0.15) is 5.82 Å². The molecule has 0 N–H and O–H groups in total. The van der Waals surface area contributed by atoms with Gasteiger partial charge in [-0.15, -0.1) is 12.6 Å². The van der Waals surface area contributed by atoms with Crippen molar-refractivity contribution in [1.29, 1.82) is 0 Å². The highest BCUT2D eigenvalue weighted by molar-refractivity contribution is 7.80. The van der Waals surface area contributed by atoms with Crippen LogP contribution in [0.2, 0.25) is 0 Å². The van der Waals surface area contributed by atoms with E-state index in [0.717, 1.165) is 0 Å². The molecule has 1 aromatic carbocycles. The summed E-state index contributed by atoms with van der Waals surface area (Å²) in [6.07, 6.45) is 0.0450. The fraction of sp³-hybridized carbons (Fsp3) is 0.417. The van der Waals surface area contributed by atoms with Crippen LogP contribution in [-0.4, -0.2) is 36.6 Å². The summed E-state index contributed by atoms with van der Waals surface area (Å²) in [7, 11) is 0. The predicted molar refractivity (Wildman–Crippen MR) is 65.0 cm³/mol. The lowest BCUT2D eigenvalue weighted by atomic mass is 10.1. The van der Waals surface area contributed by atoms with Crippen molar-refractivity contribution in [2.45, 2.75) is 17.9 Å². The maximum atomic E-state index is 13.0. The Morgan fingerprint density at radius 2 is 2.35 bits per heavy atom. The minimum atomic E-state index is -0.416. The number of ether oxygens (including phenoxy) is 1. The number of halogens is 1. The van der Waals surface area contributed by atoms with Crippen LogP contribution in [-0.2, 0) is 4.74 Å². The molecule has 1 saturated heterocycles. The molecule has 1 aliphatic heterocycles. The Kier molecular flexibility index (Phi) is 3.69. The van der Waals surface area contributed by atoms with Crippen LogP contribution < -0.4 is 0 Å². The molecule has 17 heavy (non-hydrogen) atoms. The van der Waals surface area contributed by atoms with Crippen molar-refractivity contribution in [3.05, 3.63) is 29.6 Å². The van der Waals surface area contributed by atoms with E-state index in [2.05, 4.69) is 12.6 Å². The molecule has 0 bridgehead atoms. The highest BCUT2D eigenvalue weighted by Gasteiger charge is 2.22. The second-order valence-electron chi connectivity index (χ2n) is 4.10. The van der Waals surface area contributed by atoms with Crippen LogP contribution in [0.15, 0.2) is 23.1 Å². The standard InChI is InChI=1S/C12H14FNO2S/c1-8-7-14(4-5-16-8)12(15)9-2-3-10(13)11(17)6-9/h2-3,6,8,17H,4-5,7H2,1H3. The average molecular weight is 255 g/mol. The monoisotopic (exact) mass is 255 g/mol.